The van der Waals surface area contributed by atoms with Crippen LogP contribution in [0.5, 0.6) is 5.75 Å². The summed E-state index contributed by atoms with van der Waals surface area (Å²) in [5.74, 6) is 0.274. The highest BCUT2D eigenvalue weighted by Crippen LogP contribution is 2.27. The summed E-state index contributed by atoms with van der Waals surface area (Å²) in [5, 5.41) is 14.0. The Labute approximate surface area is 100 Å². The van der Waals surface area contributed by atoms with Crippen molar-refractivity contribution in [1.82, 2.24) is 5.32 Å². The van der Waals surface area contributed by atoms with Gasteiger partial charge in [0.15, 0.2) is 5.75 Å². The molecule has 1 N–H and O–H groups in total. The van der Waals surface area contributed by atoms with Gasteiger partial charge in [0.05, 0.1) is 12.0 Å². The van der Waals surface area contributed by atoms with E-state index >= 15 is 0 Å². The largest absolute Gasteiger partial charge is 0.490 e. The third-order valence-electron chi connectivity index (χ3n) is 2.42. The van der Waals surface area contributed by atoms with Crippen LogP contribution in [0, 0.1) is 10.1 Å². The predicted octanol–water partition coefficient (Wildman–Crippen LogP) is 2.27. The minimum atomic E-state index is -0.445. The summed E-state index contributed by atoms with van der Waals surface area (Å²) in [4.78, 5) is 10.4. The maximum atomic E-state index is 10.8. The number of rotatable bonds is 6. The van der Waals surface area contributed by atoms with Crippen molar-refractivity contribution < 1.29 is 9.66 Å². The first-order valence-electron chi connectivity index (χ1n) is 5.25. The smallest absolute Gasteiger partial charge is 0.311 e. The van der Waals surface area contributed by atoms with Crippen molar-refractivity contribution in [3.8, 4) is 5.75 Å². The van der Waals surface area contributed by atoms with Gasteiger partial charge in [-0.1, -0.05) is 12.1 Å². The quantitative estimate of drug-likeness (QED) is 0.467. The second-order valence-electron chi connectivity index (χ2n) is 3.67. The SMILES string of the molecule is C=CC(C)NCc1ccc(OC)c([N+](=O)[O-])c1. The molecule has 0 radical (unpaired) electrons. The van der Waals surface area contributed by atoms with Crippen molar-refractivity contribution in [2.45, 2.75) is 19.5 Å². The zero-order valence-corrected chi connectivity index (χ0v) is 9.97. The van der Waals surface area contributed by atoms with E-state index in [4.69, 9.17) is 4.74 Å². The highest BCUT2D eigenvalue weighted by atomic mass is 16.6. The topological polar surface area (TPSA) is 64.4 Å². The van der Waals surface area contributed by atoms with Crippen molar-refractivity contribution in [2.24, 2.45) is 0 Å². The summed E-state index contributed by atoms with van der Waals surface area (Å²) in [6.45, 7) is 6.17. The maximum Gasteiger partial charge on any atom is 0.311 e. The van der Waals surface area contributed by atoms with Crippen LogP contribution in [-0.4, -0.2) is 18.1 Å². The first kappa shape index (κ1) is 13.2. The number of nitro groups is 1. The first-order valence-corrected chi connectivity index (χ1v) is 5.25. The Morgan fingerprint density at radius 3 is 2.88 bits per heavy atom. The molecule has 1 aromatic rings. The molecule has 0 spiro atoms. The lowest BCUT2D eigenvalue weighted by atomic mass is 10.1. The average Bonchev–Trinajstić information content (AvgIpc) is 2.35. The zero-order chi connectivity index (χ0) is 12.8. The number of nitro benzene ring substituents is 1. The van der Waals surface area contributed by atoms with E-state index in [2.05, 4.69) is 11.9 Å². The van der Waals surface area contributed by atoms with Gasteiger partial charge in [-0.2, -0.15) is 0 Å². The highest BCUT2D eigenvalue weighted by Gasteiger charge is 2.14. The Morgan fingerprint density at radius 1 is 1.65 bits per heavy atom. The fraction of sp³-hybridized carbons (Fsp3) is 0.333. The molecule has 0 saturated heterocycles. The number of nitrogens with one attached hydrogen (secondary N) is 1. The van der Waals surface area contributed by atoms with Crippen LogP contribution in [0.4, 0.5) is 5.69 Å². The summed E-state index contributed by atoms with van der Waals surface area (Å²) in [5.41, 5.74) is 0.823. The lowest BCUT2D eigenvalue weighted by molar-refractivity contribution is -0.385. The number of hydrogen-bond acceptors (Lipinski definition) is 4. The number of hydrogen-bond donors (Lipinski definition) is 1. The second-order valence-corrected chi connectivity index (χ2v) is 3.67. The Hall–Kier alpha value is -1.88. The molecule has 0 saturated carbocycles. The van der Waals surface area contributed by atoms with Crippen molar-refractivity contribution >= 4 is 5.69 Å². The van der Waals surface area contributed by atoms with Gasteiger partial charge >= 0.3 is 5.69 Å². The van der Waals surface area contributed by atoms with Crippen LogP contribution < -0.4 is 10.1 Å². The first-order chi connectivity index (χ1) is 8.08. The van der Waals surface area contributed by atoms with Gasteiger partial charge in [0.2, 0.25) is 0 Å². The predicted molar refractivity (Wildman–Crippen MR) is 66.1 cm³/mol. The lowest BCUT2D eigenvalue weighted by Crippen LogP contribution is -2.22. The summed E-state index contributed by atoms with van der Waals surface area (Å²) >= 11 is 0. The molecule has 0 amide bonds. The standard InChI is InChI=1S/C12H16N2O3/c1-4-9(2)13-8-10-5-6-12(17-3)11(7-10)14(15)16/h4-7,9,13H,1,8H2,2-3H3. The molecule has 1 aromatic carbocycles. The molecule has 1 unspecified atom stereocenters. The molecule has 0 aliphatic carbocycles. The van der Waals surface area contributed by atoms with E-state index < -0.39 is 4.92 Å². The molecule has 5 nitrogen and oxygen atoms in total. The van der Waals surface area contributed by atoms with Gasteiger partial charge in [0.25, 0.3) is 0 Å². The molecular formula is C12H16N2O3. The van der Waals surface area contributed by atoms with Gasteiger partial charge in [-0.25, -0.2) is 0 Å². The van der Waals surface area contributed by atoms with Crippen LogP contribution in [0.25, 0.3) is 0 Å². The summed E-state index contributed by atoms with van der Waals surface area (Å²) in [6.07, 6.45) is 1.78. The van der Waals surface area contributed by atoms with Gasteiger partial charge < -0.3 is 10.1 Å². The van der Waals surface area contributed by atoms with Gasteiger partial charge in [0.1, 0.15) is 0 Å². The lowest BCUT2D eigenvalue weighted by Gasteiger charge is -2.09. The van der Waals surface area contributed by atoms with Gasteiger partial charge in [-0.15, -0.1) is 6.58 Å². The molecule has 0 aliphatic rings. The van der Waals surface area contributed by atoms with E-state index in [1.807, 2.05) is 6.92 Å². The highest BCUT2D eigenvalue weighted by molar-refractivity contribution is 5.48. The molecule has 0 bridgehead atoms. The summed E-state index contributed by atoms with van der Waals surface area (Å²) < 4.78 is 4.93. The van der Waals surface area contributed by atoms with Crippen LogP contribution in [0.15, 0.2) is 30.9 Å². The van der Waals surface area contributed by atoms with Crippen molar-refractivity contribution in [3.05, 3.63) is 46.5 Å². The molecule has 1 rings (SSSR count). The van der Waals surface area contributed by atoms with E-state index in [0.29, 0.717) is 6.54 Å². The molecule has 5 heteroatoms. The molecule has 92 valence electrons. The number of methoxy groups -OCH3 is 1. The molecule has 17 heavy (non-hydrogen) atoms. The van der Waals surface area contributed by atoms with Crippen LogP contribution in [0.3, 0.4) is 0 Å². The molecule has 0 aromatic heterocycles. The zero-order valence-electron chi connectivity index (χ0n) is 9.97. The van der Waals surface area contributed by atoms with Gasteiger partial charge in [0, 0.05) is 18.7 Å². The van der Waals surface area contributed by atoms with Crippen LogP contribution in [-0.2, 0) is 6.54 Å². The minimum Gasteiger partial charge on any atom is -0.490 e. The van der Waals surface area contributed by atoms with E-state index in [-0.39, 0.29) is 17.5 Å². The number of nitrogens with zero attached hydrogens (tertiary/aromatic N) is 1. The second kappa shape index (κ2) is 6.00. The molecule has 0 heterocycles. The number of ether oxygens (including phenoxy) is 1. The van der Waals surface area contributed by atoms with Crippen molar-refractivity contribution in [2.75, 3.05) is 7.11 Å². The Balaban J connectivity index is 2.85. The molecule has 0 fully saturated rings. The van der Waals surface area contributed by atoms with E-state index in [1.165, 1.54) is 13.2 Å². The van der Waals surface area contributed by atoms with Crippen LogP contribution in [0.2, 0.25) is 0 Å². The van der Waals surface area contributed by atoms with Crippen LogP contribution >= 0.6 is 0 Å². The Kier molecular flexibility index (Phi) is 4.66. The van der Waals surface area contributed by atoms with Crippen molar-refractivity contribution in [3.63, 3.8) is 0 Å². The molecule has 0 aliphatic heterocycles. The summed E-state index contributed by atoms with van der Waals surface area (Å²) in [7, 11) is 1.42. The van der Waals surface area contributed by atoms with Crippen LogP contribution in [0.1, 0.15) is 12.5 Å². The van der Waals surface area contributed by atoms with Crippen molar-refractivity contribution in [1.29, 1.82) is 0 Å². The fourth-order valence-corrected chi connectivity index (χ4v) is 1.35. The monoisotopic (exact) mass is 236 g/mol. The van der Waals surface area contributed by atoms with E-state index in [9.17, 15) is 10.1 Å². The van der Waals surface area contributed by atoms with Gasteiger partial charge in [-0.05, 0) is 18.6 Å². The third-order valence-corrected chi connectivity index (χ3v) is 2.42. The summed E-state index contributed by atoms with van der Waals surface area (Å²) in [6, 6.07) is 5.08. The Bertz CT molecular complexity index is 418. The van der Waals surface area contributed by atoms with E-state index in [0.717, 1.165) is 5.56 Å². The Morgan fingerprint density at radius 2 is 2.35 bits per heavy atom. The molecular weight excluding hydrogens is 220 g/mol. The number of benzene rings is 1. The van der Waals surface area contributed by atoms with E-state index in [1.54, 1.807) is 18.2 Å². The third kappa shape index (κ3) is 3.57. The average molecular weight is 236 g/mol. The van der Waals surface area contributed by atoms with Gasteiger partial charge in [-0.3, -0.25) is 10.1 Å². The molecule has 1 atom stereocenters. The maximum absolute atomic E-state index is 10.8. The fourth-order valence-electron chi connectivity index (χ4n) is 1.35. The normalized spacial score (nSPS) is 11.9. The minimum absolute atomic E-state index is 0.0157.